The van der Waals surface area contributed by atoms with Crippen molar-refractivity contribution in [3.05, 3.63) is 10.6 Å². The van der Waals surface area contributed by atoms with Gasteiger partial charge in [-0.1, -0.05) is 25.2 Å². The van der Waals surface area contributed by atoms with Crippen LogP contribution in [0.3, 0.4) is 0 Å². The molecule has 1 saturated heterocycles. The molecule has 2 rings (SSSR count). The Morgan fingerprint density at radius 1 is 1.52 bits per heavy atom. The van der Waals surface area contributed by atoms with Crippen LogP contribution in [-0.2, 0) is 14.3 Å². The van der Waals surface area contributed by atoms with Crippen LogP contribution >= 0.6 is 11.3 Å². The molecule has 0 radical (unpaired) electrons. The Morgan fingerprint density at radius 3 is 2.90 bits per heavy atom. The molecular weight excluding hydrogens is 292 g/mol. The number of aryl methyl sites for hydroxylation is 1. The van der Waals surface area contributed by atoms with Gasteiger partial charge < -0.3 is 9.47 Å². The third-order valence-electron chi connectivity index (χ3n) is 2.98. The summed E-state index contributed by atoms with van der Waals surface area (Å²) in [5.41, 5.74) is 0.566. The fourth-order valence-corrected chi connectivity index (χ4v) is 2.78. The van der Waals surface area contributed by atoms with Crippen molar-refractivity contribution in [1.82, 2.24) is 4.98 Å². The minimum Gasteiger partial charge on any atom is -0.461 e. The number of esters is 1. The Bertz CT molecular complexity index is 521. The Kier molecular flexibility index (Phi) is 5.30. The predicted octanol–water partition coefficient (Wildman–Crippen LogP) is 2.38. The number of aromatic nitrogens is 1. The van der Waals surface area contributed by atoms with Gasteiger partial charge in [-0.15, -0.1) is 0 Å². The van der Waals surface area contributed by atoms with E-state index in [2.05, 4.69) is 10.3 Å². The number of amides is 1. The molecule has 1 aromatic heterocycles. The van der Waals surface area contributed by atoms with Crippen LogP contribution in [0, 0.1) is 12.8 Å². The Balaban J connectivity index is 1.97. The van der Waals surface area contributed by atoms with Crippen molar-refractivity contribution >= 4 is 28.3 Å². The third-order valence-corrected chi connectivity index (χ3v) is 4.03. The van der Waals surface area contributed by atoms with Gasteiger partial charge in [0.15, 0.2) is 5.13 Å². The first-order valence-corrected chi connectivity index (χ1v) is 7.86. The molecule has 1 unspecified atom stereocenters. The largest absolute Gasteiger partial charge is 0.461 e. The van der Waals surface area contributed by atoms with Gasteiger partial charge in [0, 0.05) is 6.61 Å². The zero-order valence-corrected chi connectivity index (χ0v) is 13.3. The molecule has 0 spiro atoms. The third kappa shape index (κ3) is 4.25. The second kappa shape index (κ2) is 7.00. The minimum absolute atomic E-state index is 0.205. The maximum Gasteiger partial charge on any atom is 0.350 e. The molecule has 0 aromatic carbocycles. The van der Waals surface area contributed by atoms with Crippen LogP contribution in [0.4, 0.5) is 5.13 Å². The maximum absolute atomic E-state index is 11.9. The minimum atomic E-state index is -0.412. The highest BCUT2D eigenvalue weighted by molar-refractivity contribution is 7.17. The molecule has 1 N–H and O–H groups in total. The summed E-state index contributed by atoms with van der Waals surface area (Å²) in [7, 11) is 0. The molecule has 1 aliphatic heterocycles. The number of hydrogen-bond acceptors (Lipinski definition) is 6. The van der Waals surface area contributed by atoms with Gasteiger partial charge in [-0.2, -0.15) is 0 Å². The van der Waals surface area contributed by atoms with E-state index in [0.717, 1.165) is 24.2 Å². The maximum atomic E-state index is 11.9. The molecule has 0 bridgehead atoms. The Morgan fingerprint density at radius 2 is 2.29 bits per heavy atom. The van der Waals surface area contributed by atoms with Crippen molar-refractivity contribution in [3.63, 3.8) is 0 Å². The summed E-state index contributed by atoms with van der Waals surface area (Å²) in [6.45, 7) is 6.65. The second-order valence-electron chi connectivity index (χ2n) is 5.42. The van der Waals surface area contributed by atoms with E-state index in [1.165, 1.54) is 0 Å². The molecule has 2 heterocycles. The number of carbonyl (C=O) groups is 2. The predicted molar refractivity (Wildman–Crippen MR) is 79.6 cm³/mol. The van der Waals surface area contributed by atoms with Gasteiger partial charge in [0.05, 0.1) is 12.3 Å². The lowest BCUT2D eigenvalue weighted by atomic mass is 10.2. The van der Waals surface area contributed by atoms with Crippen LogP contribution in [0.1, 0.15) is 42.1 Å². The fourth-order valence-electron chi connectivity index (χ4n) is 1.92. The first-order valence-electron chi connectivity index (χ1n) is 7.04. The highest BCUT2D eigenvalue weighted by atomic mass is 32.1. The Hall–Kier alpha value is -1.47. The SMILES string of the molecule is Cc1nc(NC(=O)C2CCCO2)sc1C(=O)OCC(C)C. The first kappa shape index (κ1) is 15.9. The molecule has 7 heteroatoms. The average Bonchev–Trinajstić information content (AvgIpc) is 3.05. The van der Waals surface area contributed by atoms with E-state index < -0.39 is 12.1 Å². The van der Waals surface area contributed by atoms with Crippen LogP contribution in [0.15, 0.2) is 0 Å². The molecule has 0 aliphatic carbocycles. The van der Waals surface area contributed by atoms with Crippen LogP contribution in [0.25, 0.3) is 0 Å². The molecule has 1 fully saturated rings. The standard InChI is InChI=1S/C14H20N2O4S/c1-8(2)7-20-13(18)11-9(3)15-14(21-11)16-12(17)10-5-4-6-19-10/h8,10H,4-7H2,1-3H3,(H,15,16,17). The van der Waals surface area contributed by atoms with Crippen LogP contribution in [0.2, 0.25) is 0 Å². The molecule has 6 nitrogen and oxygen atoms in total. The number of nitrogens with zero attached hydrogens (tertiary/aromatic N) is 1. The summed E-state index contributed by atoms with van der Waals surface area (Å²) in [6.07, 6.45) is 1.20. The fraction of sp³-hybridized carbons (Fsp3) is 0.643. The highest BCUT2D eigenvalue weighted by Crippen LogP contribution is 2.24. The van der Waals surface area contributed by atoms with Crippen molar-refractivity contribution < 1.29 is 19.1 Å². The number of carbonyl (C=O) groups excluding carboxylic acids is 2. The van der Waals surface area contributed by atoms with Gasteiger partial charge in [-0.3, -0.25) is 10.1 Å². The quantitative estimate of drug-likeness (QED) is 0.845. The summed E-state index contributed by atoms with van der Waals surface area (Å²) < 4.78 is 10.5. The summed E-state index contributed by atoms with van der Waals surface area (Å²) in [5.74, 6) is -0.319. The van der Waals surface area contributed by atoms with E-state index in [-0.39, 0.29) is 11.8 Å². The Labute approximate surface area is 127 Å². The summed E-state index contributed by atoms with van der Waals surface area (Å²) in [4.78, 5) is 28.5. The summed E-state index contributed by atoms with van der Waals surface area (Å²) in [6, 6.07) is 0. The number of ether oxygens (including phenoxy) is 2. The lowest BCUT2D eigenvalue weighted by molar-refractivity contribution is -0.124. The van der Waals surface area contributed by atoms with Crippen LogP contribution < -0.4 is 5.32 Å². The molecule has 1 atom stereocenters. The zero-order chi connectivity index (χ0) is 15.4. The van der Waals surface area contributed by atoms with Gasteiger partial charge in [-0.05, 0) is 25.7 Å². The van der Waals surface area contributed by atoms with Crippen molar-refractivity contribution in [2.75, 3.05) is 18.5 Å². The van der Waals surface area contributed by atoms with E-state index >= 15 is 0 Å². The lowest BCUT2D eigenvalue weighted by Crippen LogP contribution is -2.26. The number of thiazole rings is 1. The van der Waals surface area contributed by atoms with Crippen LogP contribution in [0.5, 0.6) is 0 Å². The topological polar surface area (TPSA) is 77.5 Å². The number of anilines is 1. The van der Waals surface area contributed by atoms with E-state index in [0.29, 0.717) is 28.9 Å². The van der Waals surface area contributed by atoms with E-state index in [1.54, 1.807) is 6.92 Å². The molecule has 21 heavy (non-hydrogen) atoms. The molecule has 1 amide bonds. The van der Waals surface area contributed by atoms with E-state index in [4.69, 9.17) is 9.47 Å². The van der Waals surface area contributed by atoms with Gasteiger partial charge in [0.1, 0.15) is 11.0 Å². The lowest BCUT2D eigenvalue weighted by Gasteiger charge is -2.07. The number of rotatable bonds is 5. The normalized spacial score (nSPS) is 18.0. The smallest absolute Gasteiger partial charge is 0.350 e. The molecule has 116 valence electrons. The first-order chi connectivity index (χ1) is 9.97. The second-order valence-corrected chi connectivity index (χ2v) is 6.42. The van der Waals surface area contributed by atoms with Crippen molar-refractivity contribution in [2.24, 2.45) is 5.92 Å². The number of hydrogen-bond donors (Lipinski definition) is 1. The monoisotopic (exact) mass is 312 g/mol. The average molecular weight is 312 g/mol. The highest BCUT2D eigenvalue weighted by Gasteiger charge is 2.25. The zero-order valence-electron chi connectivity index (χ0n) is 12.5. The summed E-state index contributed by atoms with van der Waals surface area (Å²) in [5, 5.41) is 3.11. The van der Waals surface area contributed by atoms with Gasteiger partial charge in [0.2, 0.25) is 0 Å². The van der Waals surface area contributed by atoms with Crippen LogP contribution in [-0.4, -0.2) is 36.2 Å². The number of nitrogens with one attached hydrogen (secondary N) is 1. The molecule has 0 saturated carbocycles. The molecule has 1 aromatic rings. The van der Waals surface area contributed by atoms with Gasteiger partial charge in [0.25, 0.3) is 5.91 Å². The van der Waals surface area contributed by atoms with Gasteiger partial charge in [-0.25, -0.2) is 9.78 Å². The van der Waals surface area contributed by atoms with E-state index in [9.17, 15) is 9.59 Å². The molecular formula is C14H20N2O4S. The van der Waals surface area contributed by atoms with E-state index in [1.807, 2.05) is 13.8 Å². The van der Waals surface area contributed by atoms with Crippen molar-refractivity contribution in [3.8, 4) is 0 Å². The van der Waals surface area contributed by atoms with Crippen molar-refractivity contribution in [1.29, 1.82) is 0 Å². The summed E-state index contributed by atoms with van der Waals surface area (Å²) >= 11 is 1.13. The molecule has 1 aliphatic rings. The van der Waals surface area contributed by atoms with Crippen molar-refractivity contribution in [2.45, 2.75) is 39.7 Å². The van der Waals surface area contributed by atoms with Gasteiger partial charge >= 0.3 is 5.97 Å².